The van der Waals surface area contributed by atoms with Crippen LogP contribution in [0.2, 0.25) is 0 Å². The van der Waals surface area contributed by atoms with Gasteiger partial charge in [0.2, 0.25) is 5.91 Å². The second-order valence-corrected chi connectivity index (χ2v) is 3.92. The molecule has 4 nitrogen and oxygen atoms in total. The largest absolute Gasteiger partial charge is 0.337 e. The van der Waals surface area contributed by atoms with Crippen molar-refractivity contribution in [3.05, 3.63) is 0 Å². The Bertz CT molecular complexity index is 209. The lowest BCUT2D eigenvalue weighted by Crippen LogP contribution is -2.56. The molecule has 0 unspecified atom stereocenters. The van der Waals surface area contributed by atoms with Crippen molar-refractivity contribution in [2.24, 2.45) is 0 Å². The van der Waals surface area contributed by atoms with Crippen LogP contribution in [-0.2, 0) is 4.79 Å². The average molecular weight is 183 g/mol. The molecule has 2 N–H and O–H groups in total. The topological polar surface area (TPSA) is 44.4 Å². The van der Waals surface area contributed by atoms with Crippen molar-refractivity contribution in [1.29, 1.82) is 0 Å². The van der Waals surface area contributed by atoms with Crippen molar-refractivity contribution >= 4 is 5.91 Å². The molecule has 2 fully saturated rings. The van der Waals surface area contributed by atoms with Crippen molar-refractivity contribution in [2.45, 2.75) is 25.4 Å². The molecule has 0 atom stereocenters. The Balaban J connectivity index is 1.93. The van der Waals surface area contributed by atoms with Gasteiger partial charge >= 0.3 is 0 Å². The fourth-order valence-electron chi connectivity index (χ4n) is 2.16. The Kier molecular flexibility index (Phi) is 2.26. The molecule has 74 valence electrons. The molecular formula is C9H17N3O. The van der Waals surface area contributed by atoms with Gasteiger partial charge in [0.15, 0.2) is 0 Å². The minimum atomic E-state index is -0.0667. The highest BCUT2D eigenvalue weighted by molar-refractivity contribution is 5.81. The Morgan fingerprint density at radius 1 is 1.46 bits per heavy atom. The van der Waals surface area contributed by atoms with Crippen LogP contribution in [0, 0.1) is 0 Å². The SMILES string of the molecule is CCN1CCC2(CC1)NCC(=O)N2. The van der Waals surface area contributed by atoms with Crippen molar-refractivity contribution in [2.75, 3.05) is 26.2 Å². The summed E-state index contributed by atoms with van der Waals surface area (Å²) in [5, 5.41) is 6.32. The number of piperidine rings is 1. The fourth-order valence-corrected chi connectivity index (χ4v) is 2.16. The van der Waals surface area contributed by atoms with E-state index in [0.29, 0.717) is 6.54 Å². The number of nitrogens with one attached hydrogen (secondary N) is 2. The van der Waals surface area contributed by atoms with E-state index in [2.05, 4.69) is 22.5 Å². The standard InChI is InChI=1S/C9H17N3O/c1-2-12-5-3-9(4-6-12)10-7-8(13)11-9/h10H,2-7H2,1H3,(H,11,13). The monoisotopic (exact) mass is 183 g/mol. The Hall–Kier alpha value is -0.610. The minimum Gasteiger partial charge on any atom is -0.337 e. The molecule has 0 aromatic heterocycles. The molecule has 4 heteroatoms. The summed E-state index contributed by atoms with van der Waals surface area (Å²) < 4.78 is 0. The minimum absolute atomic E-state index is 0.0667. The molecule has 0 aromatic rings. The predicted octanol–water partition coefficient (Wildman–Crippen LogP) is -0.482. The summed E-state index contributed by atoms with van der Waals surface area (Å²) in [5.74, 6) is 0.143. The summed E-state index contributed by atoms with van der Waals surface area (Å²) in [7, 11) is 0. The van der Waals surface area contributed by atoms with E-state index in [1.807, 2.05) is 0 Å². The zero-order valence-electron chi connectivity index (χ0n) is 8.10. The lowest BCUT2D eigenvalue weighted by atomic mass is 9.98. The van der Waals surface area contributed by atoms with Gasteiger partial charge in [-0.05, 0) is 19.4 Å². The Labute approximate surface area is 78.7 Å². The third-order valence-electron chi connectivity index (χ3n) is 3.12. The van der Waals surface area contributed by atoms with Crippen LogP contribution in [0.4, 0.5) is 0 Å². The van der Waals surface area contributed by atoms with Crippen molar-refractivity contribution in [1.82, 2.24) is 15.5 Å². The van der Waals surface area contributed by atoms with E-state index in [9.17, 15) is 4.79 Å². The van der Waals surface area contributed by atoms with E-state index >= 15 is 0 Å². The average Bonchev–Trinajstić information content (AvgIpc) is 2.49. The van der Waals surface area contributed by atoms with Gasteiger partial charge in [-0.25, -0.2) is 0 Å². The van der Waals surface area contributed by atoms with Crippen LogP contribution in [0.15, 0.2) is 0 Å². The maximum Gasteiger partial charge on any atom is 0.235 e. The van der Waals surface area contributed by atoms with Crippen LogP contribution in [0.5, 0.6) is 0 Å². The molecule has 0 saturated carbocycles. The maximum absolute atomic E-state index is 11.1. The Morgan fingerprint density at radius 2 is 2.15 bits per heavy atom. The molecule has 1 amide bonds. The van der Waals surface area contributed by atoms with Crippen molar-refractivity contribution in [3.63, 3.8) is 0 Å². The highest BCUT2D eigenvalue weighted by Gasteiger charge is 2.39. The summed E-state index contributed by atoms with van der Waals surface area (Å²) in [6, 6.07) is 0. The smallest absolute Gasteiger partial charge is 0.235 e. The zero-order chi connectivity index (χ0) is 9.31. The molecule has 0 aromatic carbocycles. The van der Waals surface area contributed by atoms with Crippen LogP contribution in [0.1, 0.15) is 19.8 Å². The van der Waals surface area contributed by atoms with Gasteiger partial charge in [0.1, 0.15) is 0 Å². The lowest BCUT2D eigenvalue weighted by molar-refractivity contribution is -0.119. The number of rotatable bonds is 1. The van der Waals surface area contributed by atoms with E-state index in [4.69, 9.17) is 0 Å². The fraction of sp³-hybridized carbons (Fsp3) is 0.889. The first-order valence-electron chi connectivity index (χ1n) is 5.02. The second kappa shape index (κ2) is 3.27. The molecule has 1 spiro atoms. The van der Waals surface area contributed by atoms with Gasteiger partial charge in [-0.1, -0.05) is 6.92 Å². The van der Waals surface area contributed by atoms with Gasteiger partial charge in [0.25, 0.3) is 0 Å². The molecular weight excluding hydrogens is 166 g/mol. The van der Waals surface area contributed by atoms with Gasteiger partial charge in [-0.3, -0.25) is 10.1 Å². The Morgan fingerprint density at radius 3 is 2.62 bits per heavy atom. The van der Waals surface area contributed by atoms with E-state index < -0.39 is 0 Å². The molecule has 0 aliphatic carbocycles. The van der Waals surface area contributed by atoms with Crippen LogP contribution in [0.25, 0.3) is 0 Å². The van der Waals surface area contributed by atoms with Gasteiger partial charge in [0.05, 0.1) is 12.2 Å². The van der Waals surface area contributed by atoms with Gasteiger partial charge in [0, 0.05) is 13.1 Å². The second-order valence-electron chi connectivity index (χ2n) is 3.92. The number of carbonyl (C=O) groups excluding carboxylic acids is 1. The molecule has 2 rings (SSSR count). The van der Waals surface area contributed by atoms with Crippen LogP contribution in [0.3, 0.4) is 0 Å². The number of nitrogens with zero attached hydrogens (tertiary/aromatic N) is 1. The van der Waals surface area contributed by atoms with Crippen LogP contribution in [-0.4, -0.2) is 42.6 Å². The number of carbonyl (C=O) groups is 1. The molecule has 2 aliphatic heterocycles. The third-order valence-corrected chi connectivity index (χ3v) is 3.12. The van der Waals surface area contributed by atoms with Crippen LogP contribution < -0.4 is 10.6 Å². The predicted molar refractivity (Wildman–Crippen MR) is 50.2 cm³/mol. The zero-order valence-corrected chi connectivity index (χ0v) is 8.10. The lowest BCUT2D eigenvalue weighted by Gasteiger charge is -2.38. The first-order valence-corrected chi connectivity index (χ1v) is 5.02. The first kappa shape index (κ1) is 8.97. The van der Waals surface area contributed by atoms with Crippen molar-refractivity contribution < 1.29 is 4.79 Å². The third kappa shape index (κ3) is 1.69. The first-order chi connectivity index (χ1) is 6.24. The van der Waals surface area contributed by atoms with Crippen molar-refractivity contribution in [3.8, 4) is 0 Å². The molecule has 2 aliphatic rings. The van der Waals surface area contributed by atoms with E-state index in [-0.39, 0.29) is 11.6 Å². The van der Waals surface area contributed by atoms with E-state index in [1.54, 1.807) is 0 Å². The number of hydrogen-bond donors (Lipinski definition) is 2. The van der Waals surface area contributed by atoms with Crippen LogP contribution >= 0.6 is 0 Å². The molecule has 2 saturated heterocycles. The molecule has 13 heavy (non-hydrogen) atoms. The summed E-state index contributed by atoms with van der Waals surface area (Å²) in [4.78, 5) is 13.5. The highest BCUT2D eigenvalue weighted by Crippen LogP contribution is 2.21. The quantitative estimate of drug-likeness (QED) is 0.577. The van der Waals surface area contributed by atoms with Gasteiger partial charge in [-0.2, -0.15) is 0 Å². The summed E-state index contributed by atoms with van der Waals surface area (Å²) in [6.45, 7) is 5.96. The normalized spacial score (nSPS) is 27.9. The van der Waals surface area contributed by atoms with E-state index in [0.717, 1.165) is 32.5 Å². The molecule has 0 radical (unpaired) electrons. The number of likely N-dealkylation sites (tertiary alicyclic amines) is 1. The highest BCUT2D eigenvalue weighted by atomic mass is 16.2. The number of amides is 1. The van der Waals surface area contributed by atoms with E-state index in [1.165, 1.54) is 0 Å². The molecule has 0 bridgehead atoms. The van der Waals surface area contributed by atoms with Gasteiger partial charge in [-0.15, -0.1) is 0 Å². The maximum atomic E-state index is 11.1. The summed E-state index contributed by atoms with van der Waals surface area (Å²) in [6.07, 6.45) is 2.07. The summed E-state index contributed by atoms with van der Waals surface area (Å²) in [5.41, 5.74) is -0.0667. The molecule has 2 heterocycles. The van der Waals surface area contributed by atoms with Gasteiger partial charge < -0.3 is 10.2 Å². The summed E-state index contributed by atoms with van der Waals surface area (Å²) >= 11 is 0. The number of hydrogen-bond acceptors (Lipinski definition) is 3.